The van der Waals surface area contributed by atoms with Crippen LogP contribution in [0.4, 0.5) is 11.4 Å². The number of rotatable bonds is 3. The van der Waals surface area contributed by atoms with Gasteiger partial charge in [-0.1, -0.05) is 46.9 Å². The number of hydrazine groups is 2. The van der Waals surface area contributed by atoms with Gasteiger partial charge < -0.3 is 5.43 Å². The molecule has 106 valence electrons. The normalized spacial score (nSPS) is 10.5. The summed E-state index contributed by atoms with van der Waals surface area (Å²) in [7, 11) is 0. The summed E-state index contributed by atoms with van der Waals surface area (Å²) < 4.78 is 0.807. The third kappa shape index (κ3) is 2.91. The van der Waals surface area contributed by atoms with Gasteiger partial charge in [-0.3, -0.25) is 5.84 Å². The van der Waals surface area contributed by atoms with Crippen LogP contribution < -0.4 is 21.6 Å². The van der Waals surface area contributed by atoms with Gasteiger partial charge in [-0.2, -0.15) is 0 Å². The van der Waals surface area contributed by atoms with E-state index >= 15 is 0 Å². The molecular weight excluding hydrogens is 342 g/mol. The molecule has 0 aromatic heterocycles. The zero-order valence-electron chi connectivity index (χ0n) is 10.0. The van der Waals surface area contributed by atoms with Crippen LogP contribution in [0.5, 0.6) is 0 Å². The maximum absolute atomic E-state index is 6.25. The van der Waals surface area contributed by atoms with E-state index < -0.39 is 0 Å². The van der Waals surface area contributed by atoms with Gasteiger partial charge in [-0.25, -0.2) is 10.4 Å². The van der Waals surface area contributed by atoms with E-state index in [1.165, 1.54) is 0 Å². The van der Waals surface area contributed by atoms with E-state index in [4.69, 9.17) is 58.3 Å². The van der Waals surface area contributed by atoms with Crippen molar-refractivity contribution in [3.8, 4) is 11.1 Å². The summed E-state index contributed by atoms with van der Waals surface area (Å²) in [5.74, 6) is 10.8. The van der Waals surface area contributed by atoms with Gasteiger partial charge in [0, 0.05) is 23.0 Å². The Bertz CT molecular complexity index is 628. The van der Waals surface area contributed by atoms with Crippen molar-refractivity contribution in [1.29, 1.82) is 0 Å². The largest absolute Gasteiger partial charge is 0.324 e. The van der Waals surface area contributed by atoms with Crippen LogP contribution in [0.1, 0.15) is 0 Å². The summed E-state index contributed by atoms with van der Waals surface area (Å²) in [6, 6.07) is 8.93. The molecule has 0 spiro atoms. The molecule has 0 aliphatic carbocycles. The van der Waals surface area contributed by atoms with Crippen LogP contribution in [0.15, 0.2) is 30.3 Å². The Morgan fingerprint density at radius 2 is 1.60 bits per heavy atom. The van der Waals surface area contributed by atoms with E-state index in [0.29, 0.717) is 15.6 Å². The molecule has 0 bridgehead atoms. The lowest BCUT2D eigenvalue weighted by Crippen LogP contribution is -2.19. The fourth-order valence-corrected chi connectivity index (χ4v) is 2.89. The second-order valence-corrected chi connectivity index (χ2v) is 5.44. The predicted octanol–water partition coefficient (Wildman–Crippen LogP) is 4.43. The summed E-state index contributed by atoms with van der Waals surface area (Å²) in [4.78, 5) is 0. The summed E-state index contributed by atoms with van der Waals surface area (Å²) >= 11 is 24.2. The fraction of sp³-hybridized carbons (Fsp3) is 0. The Labute approximate surface area is 136 Å². The molecule has 0 saturated carbocycles. The molecule has 2 aromatic carbocycles. The number of nitrogens with zero attached hydrogens (tertiary/aromatic N) is 1. The molecule has 4 nitrogen and oxygen atoms in total. The molecule has 0 aliphatic heterocycles. The van der Waals surface area contributed by atoms with Gasteiger partial charge in [-0.15, -0.1) is 0 Å². The number of nitrogens with two attached hydrogens (primary N) is 2. The van der Waals surface area contributed by atoms with Crippen molar-refractivity contribution in [2.45, 2.75) is 0 Å². The van der Waals surface area contributed by atoms with Crippen molar-refractivity contribution < 1.29 is 0 Å². The Balaban J connectivity index is 2.57. The van der Waals surface area contributed by atoms with E-state index in [1.54, 1.807) is 18.2 Å². The maximum Gasteiger partial charge on any atom is 0.109 e. The molecule has 8 heteroatoms. The first-order chi connectivity index (χ1) is 9.45. The fourth-order valence-electron chi connectivity index (χ4n) is 1.74. The minimum Gasteiger partial charge on any atom is -0.324 e. The first-order valence-electron chi connectivity index (χ1n) is 5.41. The van der Waals surface area contributed by atoms with Crippen molar-refractivity contribution >= 4 is 58.0 Å². The Morgan fingerprint density at radius 1 is 1.00 bits per heavy atom. The molecule has 0 radical (unpaired) electrons. The van der Waals surface area contributed by atoms with E-state index in [0.717, 1.165) is 15.8 Å². The summed E-state index contributed by atoms with van der Waals surface area (Å²) in [6.45, 7) is 0. The lowest BCUT2D eigenvalue weighted by atomic mass is 10.0. The second kappa shape index (κ2) is 6.26. The van der Waals surface area contributed by atoms with Gasteiger partial charge in [0.25, 0.3) is 0 Å². The number of benzene rings is 2. The van der Waals surface area contributed by atoms with Crippen LogP contribution in [0.2, 0.25) is 15.1 Å². The predicted molar refractivity (Wildman–Crippen MR) is 87.2 cm³/mol. The molecule has 0 unspecified atom stereocenters. The molecule has 0 heterocycles. The van der Waals surface area contributed by atoms with Crippen LogP contribution in [0, 0.1) is 0 Å². The Morgan fingerprint density at radius 3 is 2.10 bits per heavy atom. The zero-order valence-corrected chi connectivity index (χ0v) is 13.0. The highest BCUT2D eigenvalue weighted by Crippen LogP contribution is 2.44. The highest BCUT2D eigenvalue weighted by molar-refractivity contribution is 6.49. The van der Waals surface area contributed by atoms with Crippen LogP contribution in [0.25, 0.3) is 11.1 Å². The van der Waals surface area contributed by atoms with Crippen molar-refractivity contribution in [3.05, 3.63) is 45.4 Å². The molecule has 0 atom stereocenters. The average molecular weight is 352 g/mol. The van der Waals surface area contributed by atoms with Gasteiger partial charge in [0.15, 0.2) is 0 Å². The lowest BCUT2D eigenvalue weighted by Gasteiger charge is -2.16. The van der Waals surface area contributed by atoms with Gasteiger partial charge in [-0.05, 0) is 23.8 Å². The quantitative estimate of drug-likeness (QED) is 0.331. The van der Waals surface area contributed by atoms with E-state index in [1.807, 2.05) is 12.1 Å². The summed E-state index contributed by atoms with van der Waals surface area (Å²) in [6.07, 6.45) is 0. The highest BCUT2D eigenvalue weighted by Gasteiger charge is 2.18. The lowest BCUT2D eigenvalue weighted by molar-refractivity contribution is 1.19. The smallest absolute Gasteiger partial charge is 0.109 e. The average Bonchev–Trinajstić information content (AvgIpc) is 2.43. The molecule has 0 aliphatic rings. The van der Waals surface area contributed by atoms with Crippen molar-refractivity contribution in [1.82, 2.24) is 0 Å². The number of nitrogens with one attached hydrogen (secondary N) is 1. The Kier molecular flexibility index (Phi) is 4.86. The third-order valence-electron chi connectivity index (χ3n) is 2.71. The topological polar surface area (TPSA) is 67.3 Å². The first kappa shape index (κ1) is 15.5. The zero-order chi connectivity index (χ0) is 14.9. The molecule has 5 N–H and O–H groups in total. The summed E-state index contributed by atoms with van der Waals surface area (Å²) in [5, 5.41) is 0.802. The number of halogens is 4. The number of anilines is 2. The SMILES string of the molecule is NNc1ccc(-c2cc(Cl)c(N(N)Cl)c(Cl)c2Cl)cc1. The van der Waals surface area contributed by atoms with Gasteiger partial charge >= 0.3 is 0 Å². The maximum atomic E-state index is 6.25. The van der Waals surface area contributed by atoms with Crippen LogP contribution in [-0.4, -0.2) is 0 Å². The molecule has 0 fully saturated rings. The van der Waals surface area contributed by atoms with E-state index in [-0.39, 0.29) is 10.7 Å². The number of hydrogen-bond donors (Lipinski definition) is 3. The number of hydrogen-bond acceptors (Lipinski definition) is 4. The summed E-state index contributed by atoms with van der Waals surface area (Å²) in [5.41, 5.74) is 5.08. The molecule has 2 rings (SSSR count). The minimum atomic E-state index is 0.188. The van der Waals surface area contributed by atoms with Gasteiger partial charge in [0.1, 0.15) is 5.69 Å². The van der Waals surface area contributed by atoms with Crippen LogP contribution in [0.3, 0.4) is 0 Å². The first-order valence-corrected chi connectivity index (χ1v) is 6.88. The molecule has 0 amide bonds. The van der Waals surface area contributed by atoms with E-state index in [2.05, 4.69) is 5.43 Å². The Hall–Kier alpha value is -0.880. The standard InChI is InChI=1S/C12H10Cl4N4/c13-9-5-8(6-1-3-7(19-17)4-2-6)10(14)11(15)12(9)20(16)18/h1-5,19H,17-18H2. The molecular formula is C12H10Cl4N4. The minimum absolute atomic E-state index is 0.188. The van der Waals surface area contributed by atoms with Gasteiger partial charge in [0.2, 0.25) is 0 Å². The van der Waals surface area contributed by atoms with Crippen molar-refractivity contribution in [2.75, 3.05) is 9.95 Å². The van der Waals surface area contributed by atoms with Gasteiger partial charge in [0.05, 0.1) is 15.1 Å². The second-order valence-electron chi connectivity index (χ2n) is 3.92. The monoisotopic (exact) mass is 350 g/mol. The van der Waals surface area contributed by atoms with Crippen molar-refractivity contribution in [2.24, 2.45) is 11.7 Å². The van der Waals surface area contributed by atoms with Crippen LogP contribution >= 0.6 is 46.6 Å². The molecule has 0 saturated heterocycles. The van der Waals surface area contributed by atoms with Crippen molar-refractivity contribution in [3.63, 3.8) is 0 Å². The molecule has 2 aromatic rings. The number of nitrogen functional groups attached to an aromatic ring is 1. The van der Waals surface area contributed by atoms with Crippen LogP contribution in [-0.2, 0) is 0 Å². The highest BCUT2D eigenvalue weighted by atomic mass is 35.5. The third-order valence-corrected chi connectivity index (χ3v) is 4.02. The van der Waals surface area contributed by atoms with E-state index in [9.17, 15) is 0 Å². The molecule has 20 heavy (non-hydrogen) atoms.